The molecule has 2 aromatic carbocycles. The van der Waals surface area contributed by atoms with E-state index in [-0.39, 0.29) is 35.1 Å². The number of ketones is 1. The van der Waals surface area contributed by atoms with Gasteiger partial charge in [0.25, 0.3) is 11.8 Å². The Bertz CT molecular complexity index is 1810. The lowest BCUT2D eigenvalue weighted by atomic mass is 9.74. The fourth-order valence-corrected chi connectivity index (χ4v) is 7.04. The van der Waals surface area contributed by atoms with Crippen LogP contribution in [0.2, 0.25) is 0 Å². The van der Waals surface area contributed by atoms with E-state index < -0.39 is 81.5 Å². The second-order valence-corrected chi connectivity index (χ2v) is 15.9. The Morgan fingerprint density at radius 3 is 2.04 bits per heavy atom. The predicted octanol–water partition coefficient (Wildman–Crippen LogP) is 1.85. The molecule has 300 valence electrons. The van der Waals surface area contributed by atoms with Crippen LogP contribution in [0.5, 0.6) is 0 Å². The number of nitrogens with one attached hydrogen (secondary N) is 5. The van der Waals surface area contributed by atoms with Crippen LogP contribution in [0.1, 0.15) is 101 Å². The van der Waals surface area contributed by atoms with Crippen LogP contribution < -0.4 is 31.7 Å². The summed E-state index contributed by atoms with van der Waals surface area (Å²) in [5, 5.41) is 27.5. The summed E-state index contributed by atoms with van der Waals surface area (Å²) in [6.45, 7) is 6.28. The van der Waals surface area contributed by atoms with Crippen LogP contribution in [0.3, 0.4) is 0 Å². The highest BCUT2D eigenvalue weighted by atomic mass is 32.2. The van der Waals surface area contributed by atoms with Gasteiger partial charge in [-0.2, -0.15) is 0 Å². The average molecular weight is 785 g/mol. The molecule has 8 N–H and O–H groups in total. The monoisotopic (exact) mass is 784 g/mol. The molecular formula is C38H52N6O10S. The fourth-order valence-electron chi connectivity index (χ4n) is 6.52. The smallest absolute Gasteiger partial charge is 0.330 e. The van der Waals surface area contributed by atoms with Crippen molar-refractivity contribution in [2.24, 2.45) is 17.0 Å². The predicted molar refractivity (Wildman–Crippen MR) is 201 cm³/mol. The van der Waals surface area contributed by atoms with Crippen molar-refractivity contribution in [3.63, 3.8) is 0 Å². The third-order valence-electron chi connectivity index (χ3n) is 9.57. The highest BCUT2D eigenvalue weighted by molar-refractivity contribution is 7.89. The summed E-state index contributed by atoms with van der Waals surface area (Å²) in [5.41, 5.74) is -1.10. The molecule has 2 aromatic rings. The normalized spacial score (nSPS) is 16.0. The van der Waals surface area contributed by atoms with Crippen molar-refractivity contribution in [1.82, 2.24) is 26.6 Å². The van der Waals surface area contributed by atoms with Crippen molar-refractivity contribution in [2.45, 2.75) is 108 Å². The lowest BCUT2D eigenvalue weighted by Gasteiger charge is -2.40. The van der Waals surface area contributed by atoms with Crippen molar-refractivity contribution >= 4 is 51.3 Å². The number of sulfonamides is 1. The molecule has 1 saturated carbocycles. The molecule has 4 atom stereocenters. The Morgan fingerprint density at radius 1 is 0.873 bits per heavy atom. The lowest BCUT2D eigenvalue weighted by molar-refractivity contribution is -0.142. The van der Waals surface area contributed by atoms with Crippen LogP contribution in [-0.4, -0.2) is 79.0 Å². The third kappa shape index (κ3) is 12.7. The van der Waals surface area contributed by atoms with E-state index in [1.807, 2.05) is 13.8 Å². The fraction of sp³-hybridized carbons (Fsp3) is 0.500. The van der Waals surface area contributed by atoms with Crippen molar-refractivity contribution in [1.29, 1.82) is 0 Å². The van der Waals surface area contributed by atoms with Crippen LogP contribution in [0.25, 0.3) is 0 Å². The SMILES string of the molecule is CCCC(NC(=O)[C@H](CC(C)C)NC(=O)[C@@](C)(NC(=O)c1ccc(S(N)(=O)=O)cc1)C1CCCCC1)C(=O)C(=O)NCC(=O)N[C@H](C(=O)O)c1ccccc1. The van der Waals surface area contributed by atoms with Gasteiger partial charge in [-0.3, -0.25) is 28.8 Å². The molecule has 5 amide bonds. The van der Waals surface area contributed by atoms with Crippen LogP contribution in [0.15, 0.2) is 59.5 Å². The van der Waals surface area contributed by atoms with Gasteiger partial charge in [0, 0.05) is 5.56 Å². The maximum Gasteiger partial charge on any atom is 0.330 e. The summed E-state index contributed by atoms with van der Waals surface area (Å²) in [6.07, 6.45) is 4.43. The number of nitrogens with two attached hydrogens (primary N) is 1. The second-order valence-electron chi connectivity index (χ2n) is 14.4. The molecule has 0 spiro atoms. The van der Waals surface area contributed by atoms with Gasteiger partial charge in [0.1, 0.15) is 11.6 Å². The molecule has 3 rings (SSSR count). The molecule has 0 aliphatic heterocycles. The van der Waals surface area contributed by atoms with Gasteiger partial charge in [-0.25, -0.2) is 18.4 Å². The van der Waals surface area contributed by atoms with Gasteiger partial charge in [0.05, 0.1) is 17.5 Å². The first-order valence-corrected chi connectivity index (χ1v) is 19.9. The van der Waals surface area contributed by atoms with E-state index in [2.05, 4.69) is 26.6 Å². The zero-order valence-corrected chi connectivity index (χ0v) is 32.4. The summed E-state index contributed by atoms with van der Waals surface area (Å²) < 4.78 is 23.4. The number of carboxylic acid groups (broad SMARTS) is 1. The number of carbonyl (C=O) groups excluding carboxylic acids is 6. The second kappa shape index (κ2) is 20.0. The van der Waals surface area contributed by atoms with E-state index in [4.69, 9.17) is 5.14 Å². The van der Waals surface area contributed by atoms with Gasteiger partial charge in [-0.05, 0) is 74.3 Å². The molecule has 1 fully saturated rings. The van der Waals surface area contributed by atoms with Crippen molar-refractivity contribution in [3.05, 3.63) is 65.7 Å². The van der Waals surface area contributed by atoms with Gasteiger partial charge >= 0.3 is 5.97 Å². The maximum atomic E-state index is 14.2. The number of carbonyl (C=O) groups is 7. The molecule has 1 aliphatic rings. The maximum absolute atomic E-state index is 14.2. The first-order chi connectivity index (χ1) is 25.9. The number of aliphatic carboxylic acids is 1. The zero-order valence-electron chi connectivity index (χ0n) is 31.6. The highest BCUT2D eigenvalue weighted by Crippen LogP contribution is 2.33. The average Bonchev–Trinajstić information content (AvgIpc) is 3.15. The Morgan fingerprint density at radius 2 is 1.49 bits per heavy atom. The van der Waals surface area contributed by atoms with Crippen molar-refractivity contribution in [3.8, 4) is 0 Å². The van der Waals surface area contributed by atoms with Gasteiger partial charge in [-0.1, -0.05) is 76.8 Å². The molecule has 0 heterocycles. The molecule has 0 saturated heterocycles. The van der Waals surface area contributed by atoms with Crippen molar-refractivity contribution < 1.29 is 47.1 Å². The highest BCUT2D eigenvalue weighted by Gasteiger charge is 2.44. The molecule has 55 heavy (non-hydrogen) atoms. The molecule has 1 aliphatic carbocycles. The van der Waals surface area contributed by atoms with Crippen LogP contribution in [0, 0.1) is 11.8 Å². The van der Waals surface area contributed by atoms with Gasteiger partial charge in [0.15, 0.2) is 6.04 Å². The number of primary sulfonamides is 1. The van der Waals surface area contributed by atoms with Crippen LogP contribution in [0.4, 0.5) is 0 Å². The minimum Gasteiger partial charge on any atom is -0.479 e. The minimum absolute atomic E-state index is 0.0573. The Hall–Kier alpha value is -5.16. The molecule has 16 nitrogen and oxygen atoms in total. The van der Waals surface area contributed by atoms with Gasteiger partial charge in [0.2, 0.25) is 33.5 Å². The van der Waals surface area contributed by atoms with Crippen molar-refractivity contribution in [2.75, 3.05) is 6.54 Å². The summed E-state index contributed by atoms with van der Waals surface area (Å²) >= 11 is 0. The molecule has 17 heteroatoms. The number of amides is 5. The Kier molecular flexibility index (Phi) is 16.1. The first-order valence-electron chi connectivity index (χ1n) is 18.3. The van der Waals surface area contributed by atoms with Gasteiger partial charge in [-0.15, -0.1) is 0 Å². The third-order valence-corrected chi connectivity index (χ3v) is 10.5. The summed E-state index contributed by atoms with van der Waals surface area (Å²) in [6, 6.07) is 9.00. The first kappa shape index (κ1) is 44.2. The minimum atomic E-state index is -4.00. The number of benzene rings is 2. The largest absolute Gasteiger partial charge is 0.479 e. The number of Topliss-reactive ketones (excluding diaryl/α,β-unsaturated/α-hetero) is 1. The standard InChI is InChI=1S/C38H52N6O10S/c1-5-12-28(32(46)35(49)40-22-30(45)43-31(36(50)51)24-13-8-6-9-14-24)41-34(48)29(21-23(2)3)42-37(52)38(4,26-15-10-7-11-16-26)44-33(47)25-17-19-27(20-18-25)55(39,53)54/h6,8-9,13-14,17-20,23,26,28-29,31H,5,7,10-12,15-16,21-22H2,1-4H3,(H,40,49)(H,41,48)(H,42,52)(H,43,45)(H,44,47)(H,50,51)(H2,39,53,54)/t28?,29-,31-,38-/m0/s1. The molecule has 0 radical (unpaired) electrons. The van der Waals surface area contributed by atoms with Gasteiger partial charge < -0.3 is 31.7 Å². The topological polar surface area (TPSA) is 260 Å². The molecular weight excluding hydrogens is 733 g/mol. The Balaban J connectivity index is 1.75. The van der Waals surface area contributed by atoms with Crippen LogP contribution in [-0.2, 0) is 38.8 Å². The number of hydrogen-bond donors (Lipinski definition) is 7. The van der Waals surface area contributed by atoms with E-state index in [1.165, 1.54) is 36.4 Å². The number of carboxylic acids is 1. The molecule has 0 aromatic heterocycles. The van der Waals surface area contributed by atoms with E-state index in [1.54, 1.807) is 32.0 Å². The Labute approximate surface area is 321 Å². The van der Waals surface area contributed by atoms with E-state index >= 15 is 0 Å². The van der Waals surface area contributed by atoms with E-state index in [0.717, 1.165) is 19.3 Å². The van der Waals surface area contributed by atoms with E-state index in [9.17, 15) is 47.1 Å². The summed E-state index contributed by atoms with van der Waals surface area (Å²) in [4.78, 5) is 91.8. The lowest BCUT2D eigenvalue weighted by Crippen LogP contribution is -2.64. The van der Waals surface area contributed by atoms with Crippen LogP contribution >= 0.6 is 0 Å². The zero-order chi connectivity index (χ0) is 40.9. The molecule has 1 unspecified atom stereocenters. The summed E-state index contributed by atoms with van der Waals surface area (Å²) in [5.74, 6) is -6.81. The summed E-state index contributed by atoms with van der Waals surface area (Å²) in [7, 11) is -4.00. The molecule has 0 bridgehead atoms. The number of rotatable bonds is 19. The number of hydrogen-bond acceptors (Lipinski definition) is 9. The van der Waals surface area contributed by atoms with E-state index in [0.29, 0.717) is 24.8 Å². The quantitative estimate of drug-likeness (QED) is 0.102.